The van der Waals surface area contributed by atoms with Crippen LogP contribution in [0.3, 0.4) is 0 Å². The van der Waals surface area contributed by atoms with Gasteiger partial charge in [0, 0.05) is 12.2 Å². The second-order valence-electron chi connectivity index (χ2n) is 2.88. The van der Waals surface area contributed by atoms with Gasteiger partial charge in [-0.2, -0.15) is 0 Å². The highest BCUT2D eigenvalue weighted by molar-refractivity contribution is 5.87. The molecule has 13 heavy (non-hydrogen) atoms. The summed E-state index contributed by atoms with van der Waals surface area (Å²) in [6.45, 7) is 8.00. The van der Waals surface area contributed by atoms with Crippen LogP contribution in [0.1, 0.15) is 13.8 Å². The van der Waals surface area contributed by atoms with Crippen molar-refractivity contribution in [2.75, 3.05) is 13.2 Å². The molecule has 4 heteroatoms. The molecule has 0 amide bonds. The van der Waals surface area contributed by atoms with Gasteiger partial charge >= 0.3 is 5.97 Å². The Labute approximate surface area is 77.5 Å². The topological polar surface area (TPSA) is 48.1 Å². The van der Waals surface area contributed by atoms with Crippen LogP contribution in [0.2, 0.25) is 0 Å². The van der Waals surface area contributed by atoms with Gasteiger partial charge in [-0.3, -0.25) is 0 Å². The van der Waals surface area contributed by atoms with Crippen LogP contribution in [0.25, 0.3) is 0 Å². The summed E-state index contributed by atoms with van der Waals surface area (Å²) in [6.07, 6.45) is -0.669. The fourth-order valence-corrected chi connectivity index (χ4v) is 0.800. The largest absolute Gasteiger partial charge is 0.429 e. The number of hydrogen-bond donors (Lipinski definition) is 0. The van der Waals surface area contributed by atoms with Crippen molar-refractivity contribution < 1.29 is 19.0 Å². The summed E-state index contributed by atoms with van der Waals surface area (Å²) in [5.41, 5.74) is 0.366. The molecule has 0 aromatic heterocycles. The molecule has 0 aliphatic carbocycles. The zero-order chi connectivity index (χ0) is 9.84. The predicted molar refractivity (Wildman–Crippen MR) is 46.1 cm³/mol. The number of epoxide rings is 1. The van der Waals surface area contributed by atoms with Crippen LogP contribution in [0.15, 0.2) is 12.2 Å². The number of rotatable bonds is 5. The third-order valence-corrected chi connectivity index (χ3v) is 1.57. The van der Waals surface area contributed by atoms with Crippen LogP contribution >= 0.6 is 0 Å². The first-order valence-electron chi connectivity index (χ1n) is 4.24. The minimum Gasteiger partial charge on any atom is -0.429 e. The van der Waals surface area contributed by atoms with Crippen molar-refractivity contribution in [1.29, 1.82) is 0 Å². The Hall–Kier alpha value is -0.870. The highest BCUT2D eigenvalue weighted by Gasteiger charge is 2.36. The summed E-state index contributed by atoms with van der Waals surface area (Å²) in [5, 5.41) is 0. The van der Waals surface area contributed by atoms with E-state index < -0.39 is 12.3 Å². The van der Waals surface area contributed by atoms with Gasteiger partial charge in [-0.1, -0.05) is 6.58 Å². The van der Waals surface area contributed by atoms with E-state index in [1.807, 2.05) is 6.92 Å². The molecule has 0 bridgehead atoms. The van der Waals surface area contributed by atoms with Gasteiger partial charge in [0.1, 0.15) is 6.10 Å². The Morgan fingerprint density at radius 1 is 1.77 bits per heavy atom. The first-order chi connectivity index (χ1) is 6.15. The summed E-state index contributed by atoms with van der Waals surface area (Å²) < 4.78 is 15.1. The van der Waals surface area contributed by atoms with Crippen molar-refractivity contribution >= 4 is 5.97 Å². The maximum absolute atomic E-state index is 11.1. The van der Waals surface area contributed by atoms with E-state index in [0.29, 0.717) is 18.8 Å². The van der Waals surface area contributed by atoms with Crippen molar-refractivity contribution in [1.82, 2.24) is 0 Å². The molecule has 74 valence electrons. The maximum Gasteiger partial charge on any atom is 0.335 e. The van der Waals surface area contributed by atoms with Gasteiger partial charge in [-0.25, -0.2) is 4.79 Å². The van der Waals surface area contributed by atoms with E-state index in [1.54, 1.807) is 6.92 Å². The van der Waals surface area contributed by atoms with Crippen molar-refractivity contribution in [2.24, 2.45) is 0 Å². The van der Waals surface area contributed by atoms with Crippen LogP contribution in [-0.4, -0.2) is 31.6 Å². The summed E-state index contributed by atoms with van der Waals surface area (Å²) in [7, 11) is 0. The highest BCUT2D eigenvalue weighted by Crippen LogP contribution is 2.18. The Balaban J connectivity index is 2.37. The third-order valence-electron chi connectivity index (χ3n) is 1.57. The Kier molecular flexibility index (Phi) is 3.45. The fourth-order valence-electron chi connectivity index (χ4n) is 0.800. The van der Waals surface area contributed by atoms with E-state index in [-0.39, 0.29) is 6.10 Å². The van der Waals surface area contributed by atoms with Crippen molar-refractivity contribution in [3.05, 3.63) is 12.2 Å². The molecule has 0 saturated carbocycles. The van der Waals surface area contributed by atoms with Crippen molar-refractivity contribution in [2.45, 2.75) is 26.2 Å². The van der Waals surface area contributed by atoms with Gasteiger partial charge in [-0.15, -0.1) is 0 Å². The molecule has 0 aromatic carbocycles. The van der Waals surface area contributed by atoms with Gasteiger partial charge in [-0.05, 0) is 13.8 Å². The second-order valence-corrected chi connectivity index (χ2v) is 2.88. The van der Waals surface area contributed by atoms with Gasteiger partial charge < -0.3 is 14.2 Å². The molecule has 2 atom stereocenters. The summed E-state index contributed by atoms with van der Waals surface area (Å²) in [4.78, 5) is 11.1. The van der Waals surface area contributed by atoms with Crippen LogP contribution in [0, 0.1) is 0 Å². The Bertz CT molecular complexity index is 208. The molecule has 1 saturated heterocycles. The lowest BCUT2D eigenvalue weighted by atomic mass is 10.3. The Morgan fingerprint density at radius 2 is 2.38 bits per heavy atom. The SMILES string of the molecule is C=C(C)C(=O)OC(OCC)C1CO1. The molecule has 0 aromatic rings. The lowest BCUT2D eigenvalue weighted by molar-refractivity contribution is -0.177. The van der Waals surface area contributed by atoms with Crippen molar-refractivity contribution in [3.8, 4) is 0 Å². The molecule has 4 nitrogen and oxygen atoms in total. The molecule has 0 spiro atoms. The van der Waals surface area contributed by atoms with Crippen LogP contribution in [0.5, 0.6) is 0 Å². The molecule has 1 heterocycles. The molecule has 0 N–H and O–H groups in total. The normalized spacial score (nSPS) is 22.2. The highest BCUT2D eigenvalue weighted by atomic mass is 16.7. The van der Waals surface area contributed by atoms with E-state index in [0.717, 1.165) is 0 Å². The summed E-state index contributed by atoms with van der Waals surface area (Å²) >= 11 is 0. The van der Waals surface area contributed by atoms with E-state index >= 15 is 0 Å². The number of hydrogen-bond acceptors (Lipinski definition) is 4. The number of carbonyl (C=O) groups excluding carboxylic acids is 1. The molecular formula is C9H14O4. The zero-order valence-corrected chi connectivity index (χ0v) is 7.91. The van der Waals surface area contributed by atoms with Crippen LogP contribution in [0.4, 0.5) is 0 Å². The average molecular weight is 186 g/mol. The number of carbonyl (C=O) groups is 1. The maximum atomic E-state index is 11.1. The summed E-state index contributed by atoms with van der Waals surface area (Å²) in [6, 6.07) is 0. The molecule has 2 unspecified atom stereocenters. The Morgan fingerprint density at radius 3 is 2.77 bits per heavy atom. The van der Waals surface area contributed by atoms with E-state index in [2.05, 4.69) is 6.58 Å². The van der Waals surface area contributed by atoms with Gasteiger partial charge in [0.25, 0.3) is 0 Å². The van der Waals surface area contributed by atoms with Crippen LogP contribution < -0.4 is 0 Å². The first kappa shape index (κ1) is 10.2. The minimum absolute atomic E-state index is 0.0942. The summed E-state index contributed by atoms with van der Waals surface area (Å²) in [5.74, 6) is -0.436. The minimum atomic E-state index is -0.575. The predicted octanol–water partition coefficient (Wildman–Crippen LogP) is 0.867. The molecule has 1 rings (SSSR count). The molecule has 1 aliphatic heterocycles. The lowest BCUT2D eigenvalue weighted by Crippen LogP contribution is -2.27. The zero-order valence-electron chi connectivity index (χ0n) is 7.91. The monoisotopic (exact) mass is 186 g/mol. The van der Waals surface area contributed by atoms with E-state index in [1.165, 1.54) is 0 Å². The third kappa shape index (κ3) is 3.16. The average Bonchev–Trinajstić information content (AvgIpc) is 2.85. The van der Waals surface area contributed by atoms with Gasteiger partial charge in [0.2, 0.25) is 6.29 Å². The quantitative estimate of drug-likeness (QED) is 0.276. The number of esters is 1. The standard InChI is InChI=1S/C9H14O4/c1-4-11-9(7-5-12-7)13-8(10)6(2)3/h7,9H,2,4-5H2,1,3H3. The molecule has 0 radical (unpaired) electrons. The van der Waals surface area contributed by atoms with Crippen LogP contribution in [-0.2, 0) is 19.0 Å². The van der Waals surface area contributed by atoms with E-state index in [9.17, 15) is 4.79 Å². The first-order valence-corrected chi connectivity index (χ1v) is 4.24. The van der Waals surface area contributed by atoms with Gasteiger partial charge in [0.05, 0.1) is 6.61 Å². The fraction of sp³-hybridized carbons (Fsp3) is 0.667. The smallest absolute Gasteiger partial charge is 0.335 e. The van der Waals surface area contributed by atoms with Gasteiger partial charge in [0.15, 0.2) is 0 Å². The molecule has 1 fully saturated rings. The van der Waals surface area contributed by atoms with E-state index in [4.69, 9.17) is 14.2 Å². The van der Waals surface area contributed by atoms with Crippen molar-refractivity contribution in [3.63, 3.8) is 0 Å². The number of ether oxygens (including phenoxy) is 3. The second kappa shape index (κ2) is 4.39. The molecule has 1 aliphatic rings. The lowest BCUT2D eigenvalue weighted by Gasteiger charge is -2.14. The molecular weight excluding hydrogens is 172 g/mol.